The van der Waals surface area contributed by atoms with Crippen LogP contribution in [0, 0.1) is 5.92 Å². The van der Waals surface area contributed by atoms with E-state index < -0.39 is 23.6 Å². The Hall–Kier alpha value is -2.48. The average molecular weight is 437 g/mol. The molecule has 0 aliphatic heterocycles. The summed E-state index contributed by atoms with van der Waals surface area (Å²) >= 11 is 0. The van der Waals surface area contributed by atoms with E-state index in [1.54, 1.807) is 20.8 Å². The Kier molecular flexibility index (Phi) is 8.56. The zero-order valence-electron chi connectivity index (χ0n) is 19.5. The van der Waals surface area contributed by atoms with Crippen LogP contribution in [0.1, 0.15) is 52.2 Å². The highest BCUT2D eigenvalue weighted by Gasteiger charge is 2.42. The fraction of sp³-hybridized carbons (Fsp3) is 0.652. The Morgan fingerprint density at radius 1 is 1.26 bits per heavy atom. The molecule has 31 heavy (non-hydrogen) atoms. The molecule has 1 aliphatic rings. The van der Waals surface area contributed by atoms with Crippen LogP contribution in [-0.4, -0.2) is 50.4 Å². The molecule has 1 aromatic carbocycles. The number of alkyl carbamates (subject to hydrolysis) is 1. The number of benzene rings is 1. The number of hydrogen-bond acceptors (Lipinski definition) is 7. The van der Waals surface area contributed by atoms with Crippen molar-refractivity contribution in [3.8, 4) is 5.75 Å². The molecular formula is C23H36N2O6. The molecule has 1 aromatic rings. The summed E-state index contributed by atoms with van der Waals surface area (Å²) in [5, 5.41) is 6.08. The van der Waals surface area contributed by atoms with E-state index in [-0.39, 0.29) is 6.42 Å². The number of rotatable bonds is 8. The second-order valence-electron chi connectivity index (χ2n) is 8.97. The normalized spacial score (nSPS) is 19.0. The summed E-state index contributed by atoms with van der Waals surface area (Å²) < 4.78 is 21.8. The Labute approximate surface area is 185 Å². The average Bonchev–Trinajstić information content (AvgIpc) is 2.68. The van der Waals surface area contributed by atoms with E-state index in [4.69, 9.17) is 18.9 Å². The molecule has 0 saturated carbocycles. The first-order valence-corrected chi connectivity index (χ1v) is 10.8. The van der Waals surface area contributed by atoms with Crippen LogP contribution in [-0.2, 0) is 27.1 Å². The second kappa shape index (κ2) is 10.7. The lowest BCUT2D eigenvalue weighted by Gasteiger charge is -2.38. The van der Waals surface area contributed by atoms with Gasteiger partial charge in [0.05, 0.1) is 13.7 Å². The quantitative estimate of drug-likeness (QED) is 0.473. The summed E-state index contributed by atoms with van der Waals surface area (Å²) in [6.07, 6.45) is -0.260. The number of hydrogen-bond donors (Lipinski definition) is 2. The van der Waals surface area contributed by atoms with Gasteiger partial charge in [-0.3, -0.25) is 5.32 Å². The molecular weight excluding hydrogens is 400 g/mol. The van der Waals surface area contributed by atoms with Crippen LogP contribution in [0.15, 0.2) is 18.2 Å². The van der Waals surface area contributed by atoms with Crippen LogP contribution in [0.3, 0.4) is 0 Å². The lowest BCUT2D eigenvalue weighted by molar-refractivity contribution is -0.0601. The number of aryl methyl sites for hydroxylation is 1. The van der Waals surface area contributed by atoms with Gasteiger partial charge in [-0.2, -0.15) is 0 Å². The molecule has 0 saturated heterocycles. The van der Waals surface area contributed by atoms with Crippen LogP contribution >= 0.6 is 0 Å². The van der Waals surface area contributed by atoms with Crippen molar-refractivity contribution in [1.29, 1.82) is 0 Å². The summed E-state index contributed by atoms with van der Waals surface area (Å²) in [4.78, 5) is 24.5. The van der Waals surface area contributed by atoms with Gasteiger partial charge in [-0.25, -0.2) is 9.59 Å². The molecule has 174 valence electrons. The maximum Gasteiger partial charge on any atom is 0.510 e. The third-order valence-electron chi connectivity index (χ3n) is 4.93. The Bertz CT molecular complexity index is 761. The molecule has 1 aliphatic carbocycles. The molecule has 0 radical (unpaired) electrons. The van der Waals surface area contributed by atoms with E-state index in [0.717, 1.165) is 30.0 Å². The Morgan fingerprint density at radius 3 is 2.65 bits per heavy atom. The number of nitrogens with one attached hydrogen (secondary N) is 2. The molecule has 0 spiro atoms. The van der Waals surface area contributed by atoms with E-state index in [1.165, 1.54) is 7.11 Å². The van der Waals surface area contributed by atoms with E-state index in [0.29, 0.717) is 25.4 Å². The number of carbonyl (C=O) groups excluding carboxylic acids is 2. The molecule has 0 heterocycles. The second-order valence-corrected chi connectivity index (χ2v) is 8.97. The van der Waals surface area contributed by atoms with Crippen molar-refractivity contribution in [3.63, 3.8) is 0 Å². The van der Waals surface area contributed by atoms with Crippen molar-refractivity contribution in [2.45, 2.75) is 65.2 Å². The summed E-state index contributed by atoms with van der Waals surface area (Å²) in [6, 6.07) is 5.89. The van der Waals surface area contributed by atoms with Gasteiger partial charge in [0.25, 0.3) is 0 Å². The smallest absolute Gasteiger partial charge is 0.493 e. The van der Waals surface area contributed by atoms with Crippen molar-refractivity contribution in [2.24, 2.45) is 5.92 Å². The molecule has 2 atom stereocenters. The summed E-state index contributed by atoms with van der Waals surface area (Å²) in [5.74, 6) is 1.06. The molecule has 8 nitrogen and oxygen atoms in total. The number of fused-ring (bicyclic) bond motifs is 1. The standard InChI is InChI=1S/C23H36N2O6/c1-7-24-14-16(2)15-29-19-10-8-9-17-11-12-23(13-18(17)19,31-21(27)28-6)25-20(26)30-22(3,4)5/h8-10,16,24H,7,11-15H2,1-6H3,(H,25,26)/t16-,23+/m0/s1. The minimum absolute atomic E-state index is 0.258. The van der Waals surface area contributed by atoms with Crippen LogP contribution in [0.2, 0.25) is 0 Å². The summed E-state index contributed by atoms with van der Waals surface area (Å²) in [7, 11) is 1.24. The molecule has 0 bridgehead atoms. The summed E-state index contributed by atoms with van der Waals surface area (Å²) in [5.41, 5.74) is 0.0495. The highest BCUT2D eigenvalue weighted by Crippen LogP contribution is 2.36. The van der Waals surface area contributed by atoms with Gasteiger partial charge in [0.1, 0.15) is 11.4 Å². The molecule has 0 unspecified atom stereocenters. The molecule has 0 fully saturated rings. The largest absolute Gasteiger partial charge is 0.510 e. The van der Waals surface area contributed by atoms with Crippen LogP contribution < -0.4 is 15.4 Å². The Balaban J connectivity index is 2.23. The van der Waals surface area contributed by atoms with Gasteiger partial charge in [0.2, 0.25) is 0 Å². The van der Waals surface area contributed by atoms with Gasteiger partial charge in [-0.15, -0.1) is 0 Å². The number of carbonyl (C=O) groups is 2. The number of amides is 1. The zero-order valence-corrected chi connectivity index (χ0v) is 19.5. The van der Waals surface area contributed by atoms with Gasteiger partial charge in [0, 0.05) is 30.9 Å². The van der Waals surface area contributed by atoms with Gasteiger partial charge in [-0.1, -0.05) is 26.0 Å². The predicted molar refractivity (Wildman–Crippen MR) is 117 cm³/mol. The molecule has 1 amide bonds. The fourth-order valence-corrected chi connectivity index (χ4v) is 3.48. The third kappa shape index (κ3) is 7.61. The van der Waals surface area contributed by atoms with Crippen molar-refractivity contribution in [2.75, 3.05) is 26.8 Å². The van der Waals surface area contributed by atoms with Crippen molar-refractivity contribution in [1.82, 2.24) is 10.6 Å². The molecule has 2 rings (SSSR count). The number of methoxy groups -OCH3 is 1. The first-order valence-electron chi connectivity index (χ1n) is 10.8. The van der Waals surface area contributed by atoms with Crippen LogP contribution in [0.25, 0.3) is 0 Å². The highest BCUT2D eigenvalue weighted by molar-refractivity contribution is 5.70. The molecule has 8 heteroatoms. The maximum absolute atomic E-state index is 12.5. The van der Waals surface area contributed by atoms with Gasteiger partial charge < -0.3 is 24.3 Å². The van der Waals surface area contributed by atoms with Crippen molar-refractivity contribution >= 4 is 12.2 Å². The first kappa shape index (κ1) is 24.8. The number of ether oxygens (including phenoxy) is 4. The van der Waals surface area contributed by atoms with E-state index in [9.17, 15) is 9.59 Å². The predicted octanol–water partition coefficient (Wildman–Crippen LogP) is 3.80. The van der Waals surface area contributed by atoms with Gasteiger partial charge in [0.15, 0.2) is 5.72 Å². The van der Waals surface area contributed by atoms with Crippen molar-refractivity contribution in [3.05, 3.63) is 29.3 Å². The molecule has 2 N–H and O–H groups in total. The lowest BCUT2D eigenvalue weighted by atomic mass is 9.85. The van der Waals surface area contributed by atoms with Gasteiger partial charge in [-0.05, 0) is 45.4 Å². The maximum atomic E-state index is 12.5. The van der Waals surface area contributed by atoms with Crippen LogP contribution in [0.5, 0.6) is 5.75 Å². The van der Waals surface area contributed by atoms with E-state index >= 15 is 0 Å². The van der Waals surface area contributed by atoms with Crippen LogP contribution in [0.4, 0.5) is 9.59 Å². The fourth-order valence-electron chi connectivity index (χ4n) is 3.48. The third-order valence-corrected chi connectivity index (χ3v) is 4.93. The van der Waals surface area contributed by atoms with E-state index in [2.05, 4.69) is 24.5 Å². The van der Waals surface area contributed by atoms with E-state index in [1.807, 2.05) is 18.2 Å². The van der Waals surface area contributed by atoms with Gasteiger partial charge >= 0.3 is 12.2 Å². The first-order chi connectivity index (χ1) is 14.6. The topological polar surface area (TPSA) is 95.1 Å². The lowest BCUT2D eigenvalue weighted by Crippen LogP contribution is -2.56. The monoisotopic (exact) mass is 436 g/mol. The summed E-state index contributed by atoms with van der Waals surface area (Å²) in [6.45, 7) is 11.8. The minimum atomic E-state index is -1.28. The molecule has 0 aromatic heterocycles. The zero-order chi connectivity index (χ0) is 23.1. The van der Waals surface area contributed by atoms with Crippen molar-refractivity contribution < 1.29 is 28.5 Å². The Morgan fingerprint density at radius 2 is 2.00 bits per heavy atom. The minimum Gasteiger partial charge on any atom is -0.493 e. The highest BCUT2D eigenvalue weighted by atomic mass is 16.7. The SMILES string of the molecule is CCNC[C@H](C)COc1cccc2c1C[C@](NC(=O)OC(C)(C)C)(OC(=O)OC)CC2.